The molecule has 26 heavy (non-hydrogen) atoms. The van der Waals surface area contributed by atoms with Crippen molar-refractivity contribution >= 4 is 33.6 Å². The molecule has 0 aliphatic carbocycles. The van der Waals surface area contributed by atoms with E-state index in [0.29, 0.717) is 4.47 Å². The van der Waals surface area contributed by atoms with Crippen LogP contribution in [0.3, 0.4) is 0 Å². The smallest absolute Gasteiger partial charge is 0.411 e. The quantitative estimate of drug-likeness (QED) is 0.681. The van der Waals surface area contributed by atoms with Crippen molar-refractivity contribution < 1.29 is 27.9 Å². The fourth-order valence-corrected chi connectivity index (χ4v) is 3.07. The number of carbonyl (C=O) groups is 2. The van der Waals surface area contributed by atoms with Crippen molar-refractivity contribution in [1.82, 2.24) is 4.90 Å². The molecule has 144 valence electrons. The van der Waals surface area contributed by atoms with Crippen LogP contribution in [0.1, 0.15) is 20.8 Å². The van der Waals surface area contributed by atoms with Crippen LogP contribution in [0.25, 0.3) is 0 Å². The molecular weight excluding hydrogens is 414 g/mol. The summed E-state index contributed by atoms with van der Waals surface area (Å²) < 4.78 is 39.8. The number of carbonyl (C=O) groups excluding carboxylic acids is 2. The van der Waals surface area contributed by atoms with Gasteiger partial charge < -0.3 is 9.47 Å². The first kappa shape index (κ1) is 20.6. The number of likely N-dealkylation sites (tertiary alicyclic amines) is 1. The highest BCUT2D eigenvalue weighted by Gasteiger charge is 2.51. The molecule has 1 aromatic rings. The topological polar surface area (TPSA) is 59.1 Å². The lowest BCUT2D eigenvalue weighted by Gasteiger charge is -2.30. The Kier molecular flexibility index (Phi) is 6.23. The molecule has 1 fully saturated rings. The van der Waals surface area contributed by atoms with Gasteiger partial charge in [0.1, 0.15) is 23.9 Å². The Balaban J connectivity index is 2.30. The zero-order valence-corrected chi connectivity index (χ0v) is 16.5. The molecular formula is C17H21BrF2N2O4. The fourth-order valence-electron chi connectivity index (χ4n) is 2.68. The number of ether oxygens (including phenoxy) is 2. The van der Waals surface area contributed by atoms with Gasteiger partial charge in [-0.1, -0.05) is 26.5 Å². The predicted molar refractivity (Wildman–Crippen MR) is 95.2 cm³/mol. The van der Waals surface area contributed by atoms with Gasteiger partial charge in [0.25, 0.3) is 5.91 Å². The van der Waals surface area contributed by atoms with Gasteiger partial charge in [0.15, 0.2) is 0 Å². The van der Waals surface area contributed by atoms with Crippen molar-refractivity contribution in [2.24, 2.45) is 0 Å². The van der Waals surface area contributed by atoms with E-state index in [4.69, 9.17) is 9.47 Å². The summed E-state index contributed by atoms with van der Waals surface area (Å²) in [6.07, 6.45) is -3.83. The van der Waals surface area contributed by atoms with E-state index in [1.54, 1.807) is 32.9 Å². The number of hydrogen-bond donors (Lipinski definition) is 0. The van der Waals surface area contributed by atoms with Gasteiger partial charge in [-0.25, -0.2) is 9.18 Å². The van der Waals surface area contributed by atoms with Crippen molar-refractivity contribution in [3.05, 3.63) is 28.7 Å². The Hall–Kier alpha value is -1.74. The second kappa shape index (κ2) is 7.87. The summed E-state index contributed by atoms with van der Waals surface area (Å²) in [6, 6.07) is 4.50. The number of methoxy groups -OCH3 is 1. The van der Waals surface area contributed by atoms with Crippen LogP contribution < -0.4 is 5.12 Å². The molecule has 1 aromatic carbocycles. The highest BCUT2D eigenvalue weighted by atomic mass is 79.9. The number of rotatable bonds is 3. The Labute approximate surface area is 159 Å². The molecule has 2 rings (SSSR count). The number of benzene rings is 1. The summed E-state index contributed by atoms with van der Waals surface area (Å²) in [6.45, 7) is 4.50. The normalized spacial score (nSPS) is 23.0. The van der Waals surface area contributed by atoms with E-state index >= 15 is 0 Å². The van der Waals surface area contributed by atoms with Gasteiger partial charge in [0.2, 0.25) is 0 Å². The summed E-state index contributed by atoms with van der Waals surface area (Å²) in [5, 5.41) is -0.114. The first-order valence-corrected chi connectivity index (χ1v) is 8.76. The van der Waals surface area contributed by atoms with Gasteiger partial charge in [0.05, 0.1) is 12.2 Å². The average Bonchev–Trinajstić information content (AvgIpc) is 2.88. The van der Waals surface area contributed by atoms with E-state index in [-0.39, 0.29) is 10.8 Å². The van der Waals surface area contributed by atoms with E-state index in [1.807, 2.05) is 0 Å². The summed E-state index contributed by atoms with van der Waals surface area (Å²) in [7, 11) is 1.21. The molecule has 0 bridgehead atoms. The van der Waals surface area contributed by atoms with Crippen LogP contribution in [0.2, 0.25) is 0 Å². The maximum Gasteiger partial charge on any atom is 0.411 e. The monoisotopic (exact) mass is 434 g/mol. The zero-order valence-electron chi connectivity index (χ0n) is 14.9. The van der Waals surface area contributed by atoms with Crippen LogP contribution in [-0.2, 0) is 14.3 Å². The van der Waals surface area contributed by atoms with E-state index in [2.05, 4.69) is 15.9 Å². The number of hydrogen-bond acceptors (Lipinski definition) is 4. The number of anilines is 1. The van der Waals surface area contributed by atoms with Gasteiger partial charge in [0, 0.05) is 11.6 Å². The fraction of sp³-hybridized carbons (Fsp3) is 0.529. The first-order chi connectivity index (χ1) is 12.0. The van der Waals surface area contributed by atoms with Gasteiger partial charge in [-0.05, 0) is 39.0 Å². The van der Waals surface area contributed by atoms with Gasteiger partial charge in [-0.2, -0.15) is 0 Å². The summed E-state index contributed by atoms with van der Waals surface area (Å²) in [4.78, 5) is 25.9. The molecule has 9 heteroatoms. The van der Waals surface area contributed by atoms with E-state index in [1.165, 1.54) is 19.2 Å². The maximum absolute atomic E-state index is 14.7. The molecule has 0 N–H and O–H groups in total. The van der Waals surface area contributed by atoms with Crippen molar-refractivity contribution in [1.29, 1.82) is 0 Å². The first-order valence-electron chi connectivity index (χ1n) is 7.97. The van der Waals surface area contributed by atoms with Crippen molar-refractivity contribution in [2.45, 2.75) is 44.7 Å². The summed E-state index contributed by atoms with van der Waals surface area (Å²) in [5.41, 5.74) is -0.896. The second-order valence-electron chi connectivity index (χ2n) is 6.89. The minimum atomic E-state index is -1.64. The zero-order chi connectivity index (χ0) is 19.6. The molecule has 0 saturated carbocycles. The molecule has 1 aliphatic heterocycles. The Morgan fingerprint density at radius 1 is 1.35 bits per heavy atom. The Bertz CT molecular complexity index is 683. The third-order valence-electron chi connectivity index (χ3n) is 3.76. The van der Waals surface area contributed by atoms with Gasteiger partial charge in [-0.15, -0.1) is 5.12 Å². The minimum Gasteiger partial charge on any atom is -0.444 e. The molecule has 1 heterocycles. The van der Waals surface area contributed by atoms with E-state index in [0.717, 1.165) is 4.90 Å². The average molecular weight is 435 g/mol. The lowest BCUT2D eigenvalue weighted by atomic mass is 10.1. The predicted octanol–water partition coefficient (Wildman–Crippen LogP) is 3.64. The molecule has 6 nitrogen and oxygen atoms in total. The van der Waals surface area contributed by atoms with E-state index in [9.17, 15) is 18.5 Å². The lowest BCUT2D eigenvalue weighted by molar-refractivity contribution is -0.129. The third-order valence-corrected chi connectivity index (χ3v) is 4.25. The van der Waals surface area contributed by atoms with Crippen LogP contribution in [0, 0.1) is 0 Å². The molecule has 0 unspecified atom stereocenters. The number of alkyl halides is 1. The van der Waals surface area contributed by atoms with E-state index < -0.39 is 42.5 Å². The molecule has 2 amide bonds. The minimum absolute atomic E-state index is 0.0503. The van der Waals surface area contributed by atoms with Gasteiger partial charge >= 0.3 is 6.09 Å². The molecule has 1 aliphatic rings. The van der Waals surface area contributed by atoms with Crippen molar-refractivity contribution in [3.63, 3.8) is 0 Å². The number of halogens is 3. The SMILES string of the molecule is CO[C@H]1[C@@H](C(=O)N(F)c2cccc(Br)c2)N(C(=O)OC(C)(C)C)C[C@@H]1F. The third kappa shape index (κ3) is 4.50. The van der Waals surface area contributed by atoms with Crippen LogP contribution >= 0.6 is 15.9 Å². The van der Waals surface area contributed by atoms with Crippen LogP contribution in [0.5, 0.6) is 0 Å². The van der Waals surface area contributed by atoms with Crippen molar-refractivity contribution in [2.75, 3.05) is 18.8 Å². The molecule has 0 radical (unpaired) electrons. The highest BCUT2D eigenvalue weighted by molar-refractivity contribution is 9.10. The standard InChI is InChI=1S/C17H21BrF2N2O4/c1-17(2,3)26-16(24)21-9-12(19)14(25-4)13(21)15(23)22(20)11-7-5-6-10(18)8-11/h5-8,12-14H,9H2,1-4H3/t12-,13-,14+/m0/s1. The van der Waals surface area contributed by atoms with Crippen LogP contribution in [0.4, 0.5) is 19.4 Å². The summed E-state index contributed by atoms with van der Waals surface area (Å²) >= 11 is 3.19. The van der Waals surface area contributed by atoms with Gasteiger partial charge in [-0.3, -0.25) is 9.69 Å². The largest absolute Gasteiger partial charge is 0.444 e. The number of amides is 2. The Morgan fingerprint density at radius 3 is 2.54 bits per heavy atom. The molecule has 0 aromatic heterocycles. The summed E-state index contributed by atoms with van der Waals surface area (Å²) in [5.74, 6) is -1.11. The van der Waals surface area contributed by atoms with Crippen molar-refractivity contribution in [3.8, 4) is 0 Å². The molecule has 3 atom stereocenters. The second-order valence-corrected chi connectivity index (χ2v) is 7.81. The molecule has 0 spiro atoms. The number of nitrogens with zero attached hydrogens (tertiary/aromatic N) is 2. The van der Waals surface area contributed by atoms with Crippen LogP contribution in [0.15, 0.2) is 28.7 Å². The highest BCUT2D eigenvalue weighted by Crippen LogP contribution is 2.29. The maximum atomic E-state index is 14.7. The van der Waals surface area contributed by atoms with Crippen LogP contribution in [-0.4, -0.2) is 54.5 Å². The Morgan fingerprint density at radius 2 is 2.00 bits per heavy atom. The lowest BCUT2D eigenvalue weighted by Crippen LogP contribution is -2.51. The molecule has 1 saturated heterocycles.